The third-order valence-electron chi connectivity index (χ3n) is 2.28. The molecule has 0 atom stereocenters. The van der Waals surface area contributed by atoms with Crippen LogP contribution in [0.25, 0.3) is 0 Å². The molecule has 14 heavy (non-hydrogen) atoms. The fraction of sp³-hybridized carbons (Fsp3) is 0.900. The molecule has 1 amide bonds. The van der Waals surface area contributed by atoms with Crippen molar-refractivity contribution in [3.05, 3.63) is 0 Å². The Hall–Kier alpha value is -0.770. The Balaban J connectivity index is 2.29. The van der Waals surface area contributed by atoms with Crippen molar-refractivity contribution in [3.63, 3.8) is 0 Å². The largest absolute Gasteiger partial charge is 0.447 e. The van der Waals surface area contributed by atoms with Crippen molar-refractivity contribution in [1.29, 1.82) is 0 Å². The number of nitrogens with zero attached hydrogens (tertiary/aromatic N) is 1. The number of carbonyl (C=O) groups excluding carboxylic acids is 1. The van der Waals surface area contributed by atoms with Crippen molar-refractivity contribution < 1.29 is 14.6 Å². The van der Waals surface area contributed by atoms with Crippen molar-refractivity contribution in [1.82, 2.24) is 4.90 Å². The predicted octanol–water partition coefficient (Wildman–Crippen LogP) is 1.38. The van der Waals surface area contributed by atoms with E-state index in [1.807, 2.05) is 20.8 Å². The van der Waals surface area contributed by atoms with Crippen molar-refractivity contribution in [3.8, 4) is 0 Å². The molecule has 0 aromatic rings. The van der Waals surface area contributed by atoms with Crippen LogP contribution in [0.5, 0.6) is 0 Å². The Kier molecular flexibility index (Phi) is 3.37. The molecule has 4 heteroatoms. The molecular formula is C10H19NO3. The Bertz CT molecular complexity index is 209. The summed E-state index contributed by atoms with van der Waals surface area (Å²) in [5.74, 6) is 0. The molecule has 0 saturated carbocycles. The van der Waals surface area contributed by atoms with Crippen LogP contribution in [0, 0.1) is 0 Å². The van der Waals surface area contributed by atoms with Gasteiger partial charge in [-0.05, 0) is 20.3 Å². The van der Waals surface area contributed by atoms with Crippen LogP contribution < -0.4 is 0 Å². The molecule has 1 aliphatic heterocycles. The molecule has 0 spiro atoms. The Morgan fingerprint density at radius 2 is 2.14 bits per heavy atom. The molecule has 0 unspecified atom stereocenters. The van der Waals surface area contributed by atoms with Crippen LogP contribution in [-0.2, 0) is 4.74 Å². The molecule has 1 heterocycles. The first-order valence-electron chi connectivity index (χ1n) is 5.15. The van der Waals surface area contributed by atoms with E-state index in [1.165, 1.54) is 4.90 Å². The van der Waals surface area contributed by atoms with Gasteiger partial charge in [-0.15, -0.1) is 0 Å². The van der Waals surface area contributed by atoms with Gasteiger partial charge in [-0.2, -0.15) is 0 Å². The summed E-state index contributed by atoms with van der Waals surface area (Å²) < 4.78 is 5.00. The molecule has 0 bridgehead atoms. The molecule has 4 nitrogen and oxygen atoms in total. The summed E-state index contributed by atoms with van der Waals surface area (Å²) in [5, 5.41) is 9.81. The first kappa shape index (κ1) is 11.3. The van der Waals surface area contributed by atoms with Gasteiger partial charge < -0.3 is 14.7 Å². The van der Waals surface area contributed by atoms with Crippen LogP contribution in [-0.4, -0.2) is 40.9 Å². The summed E-state index contributed by atoms with van der Waals surface area (Å²) in [6, 6.07) is 0. The maximum absolute atomic E-state index is 11.3. The van der Waals surface area contributed by atoms with E-state index in [9.17, 15) is 9.90 Å². The molecule has 1 N–H and O–H groups in total. The number of amides is 1. The van der Waals surface area contributed by atoms with Crippen LogP contribution in [0.2, 0.25) is 0 Å². The molecule has 1 fully saturated rings. The third kappa shape index (κ3) is 2.61. The van der Waals surface area contributed by atoms with Gasteiger partial charge in [0.1, 0.15) is 0 Å². The van der Waals surface area contributed by atoms with Gasteiger partial charge in [0.2, 0.25) is 0 Å². The van der Waals surface area contributed by atoms with Gasteiger partial charge in [-0.25, -0.2) is 4.79 Å². The molecule has 0 aromatic heterocycles. The van der Waals surface area contributed by atoms with Gasteiger partial charge >= 0.3 is 6.09 Å². The van der Waals surface area contributed by atoms with Gasteiger partial charge in [-0.1, -0.05) is 13.3 Å². The van der Waals surface area contributed by atoms with Crippen molar-refractivity contribution >= 4 is 6.09 Å². The van der Waals surface area contributed by atoms with Crippen LogP contribution in [0.15, 0.2) is 0 Å². The number of ether oxygens (including phenoxy) is 1. The summed E-state index contributed by atoms with van der Waals surface area (Å²) in [7, 11) is 0. The molecule has 0 aromatic carbocycles. The number of likely N-dealkylation sites (tertiary alicyclic amines) is 1. The topological polar surface area (TPSA) is 49.8 Å². The summed E-state index contributed by atoms with van der Waals surface area (Å²) in [6.45, 7) is 6.47. The lowest BCUT2D eigenvalue weighted by Crippen LogP contribution is -2.63. The first-order chi connectivity index (χ1) is 6.47. The van der Waals surface area contributed by atoms with E-state index in [0.29, 0.717) is 13.1 Å². The highest BCUT2D eigenvalue weighted by molar-refractivity contribution is 5.69. The number of hydrogen-bond acceptors (Lipinski definition) is 3. The van der Waals surface area contributed by atoms with E-state index in [2.05, 4.69) is 0 Å². The van der Waals surface area contributed by atoms with E-state index in [1.54, 1.807) is 0 Å². The van der Waals surface area contributed by atoms with Crippen molar-refractivity contribution in [2.45, 2.75) is 45.3 Å². The zero-order valence-corrected chi connectivity index (χ0v) is 9.12. The fourth-order valence-corrected chi connectivity index (χ4v) is 1.69. The highest BCUT2D eigenvalue weighted by Gasteiger charge is 2.43. The number of aliphatic hydroxyl groups is 1. The standard InChI is InChI=1S/C10H19NO3/c1-4-5-10(13)6-11(7-10)9(12)14-8(2)3/h8,13H,4-7H2,1-3H3. The molecule has 0 radical (unpaired) electrons. The minimum Gasteiger partial charge on any atom is -0.447 e. The minimum absolute atomic E-state index is 0.0950. The summed E-state index contributed by atoms with van der Waals surface area (Å²) in [4.78, 5) is 12.9. The monoisotopic (exact) mass is 201 g/mol. The lowest BCUT2D eigenvalue weighted by atomic mass is 9.90. The van der Waals surface area contributed by atoms with Crippen LogP contribution in [0.1, 0.15) is 33.6 Å². The lowest BCUT2D eigenvalue weighted by Gasteiger charge is -2.45. The SMILES string of the molecule is CCCC1(O)CN(C(=O)OC(C)C)C1. The lowest BCUT2D eigenvalue weighted by molar-refractivity contribution is -0.0961. The van der Waals surface area contributed by atoms with Crippen LogP contribution in [0.4, 0.5) is 4.79 Å². The second kappa shape index (κ2) is 4.17. The second-order valence-corrected chi connectivity index (χ2v) is 4.26. The first-order valence-corrected chi connectivity index (χ1v) is 5.15. The molecule has 82 valence electrons. The van der Waals surface area contributed by atoms with E-state index >= 15 is 0 Å². The molecule has 1 rings (SSSR count). The number of β-amino-alcohol motifs (C(OH)–C–C–N with tert-alkyl or cyclic N) is 1. The third-order valence-corrected chi connectivity index (χ3v) is 2.28. The summed E-state index contributed by atoms with van der Waals surface area (Å²) in [6.07, 6.45) is 1.27. The van der Waals surface area contributed by atoms with Crippen LogP contribution in [0.3, 0.4) is 0 Å². The van der Waals surface area contributed by atoms with Gasteiger partial charge in [0, 0.05) is 0 Å². The summed E-state index contributed by atoms with van der Waals surface area (Å²) >= 11 is 0. The number of carbonyl (C=O) groups is 1. The smallest absolute Gasteiger partial charge is 0.410 e. The highest BCUT2D eigenvalue weighted by Crippen LogP contribution is 2.26. The van der Waals surface area contributed by atoms with Crippen molar-refractivity contribution in [2.75, 3.05) is 13.1 Å². The van der Waals surface area contributed by atoms with Gasteiger partial charge in [0.25, 0.3) is 0 Å². The zero-order valence-electron chi connectivity index (χ0n) is 9.12. The molecule has 0 aliphatic carbocycles. The zero-order chi connectivity index (χ0) is 10.8. The number of hydrogen-bond donors (Lipinski definition) is 1. The average molecular weight is 201 g/mol. The Morgan fingerprint density at radius 1 is 1.57 bits per heavy atom. The van der Waals surface area contributed by atoms with Gasteiger partial charge in [0.15, 0.2) is 0 Å². The van der Waals surface area contributed by atoms with Gasteiger partial charge in [0.05, 0.1) is 24.8 Å². The Labute approximate surface area is 84.8 Å². The van der Waals surface area contributed by atoms with E-state index < -0.39 is 5.60 Å². The highest BCUT2D eigenvalue weighted by atomic mass is 16.6. The van der Waals surface area contributed by atoms with Crippen molar-refractivity contribution in [2.24, 2.45) is 0 Å². The van der Waals surface area contributed by atoms with E-state index in [0.717, 1.165) is 12.8 Å². The molecule has 1 saturated heterocycles. The second-order valence-electron chi connectivity index (χ2n) is 4.26. The summed E-state index contributed by atoms with van der Waals surface area (Å²) in [5.41, 5.74) is -0.662. The molecular weight excluding hydrogens is 182 g/mol. The predicted molar refractivity (Wildman–Crippen MR) is 53.0 cm³/mol. The number of rotatable bonds is 3. The van der Waals surface area contributed by atoms with Gasteiger partial charge in [-0.3, -0.25) is 0 Å². The normalized spacial score (nSPS) is 19.4. The maximum atomic E-state index is 11.3. The molecule has 1 aliphatic rings. The Morgan fingerprint density at radius 3 is 2.57 bits per heavy atom. The quantitative estimate of drug-likeness (QED) is 0.750. The fourth-order valence-electron chi connectivity index (χ4n) is 1.69. The minimum atomic E-state index is -0.662. The van der Waals surface area contributed by atoms with E-state index in [-0.39, 0.29) is 12.2 Å². The maximum Gasteiger partial charge on any atom is 0.410 e. The average Bonchev–Trinajstić information content (AvgIpc) is 1.98. The van der Waals surface area contributed by atoms with E-state index in [4.69, 9.17) is 4.74 Å². The van der Waals surface area contributed by atoms with Crippen LogP contribution >= 0.6 is 0 Å².